The molecule has 2 aromatic carbocycles. The van der Waals surface area contributed by atoms with Gasteiger partial charge in [-0.2, -0.15) is 0 Å². The van der Waals surface area contributed by atoms with Crippen LogP contribution in [0.1, 0.15) is 0 Å². The minimum Gasteiger partial charge on any atom is -0.128 e. The largest absolute Gasteiger partial charge is 0.128 e. The minimum absolute atomic E-state index is 1.26. The van der Waals surface area contributed by atoms with E-state index in [1.165, 1.54) is 28.5 Å². The molecule has 2 aliphatic heterocycles. The molecule has 2 aliphatic rings. The maximum absolute atomic E-state index is 3.78. The predicted molar refractivity (Wildman–Crippen MR) is 139 cm³/mol. The van der Waals surface area contributed by atoms with E-state index < -0.39 is 16.1 Å². The minimum atomic E-state index is -1.72. The van der Waals surface area contributed by atoms with E-state index in [0.29, 0.717) is 0 Å². The van der Waals surface area contributed by atoms with Gasteiger partial charge >= 0.3 is 0 Å². The number of rotatable bonds is 0. The van der Waals surface area contributed by atoms with Gasteiger partial charge in [-0.15, -0.1) is 22.7 Å². The van der Waals surface area contributed by atoms with Crippen LogP contribution in [0.3, 0.4) is 0 Å². The second-order valence-electron chi connectivity index (χ2n) is 8.91. The topological polar surface area (TPSA) is 0 Å². The Morgan fingerprint density at radius 3 is 1.39 bits per heavy atom. The average molecular weight is 563 g/mol. The first-order valence-electron chi connectivity index (χ1n) is 9.42. The van der Waals surface area contributed by atoms with Crippen LogP contribution in [-0.2, 0) is 0 Å². The number of hydrogen-bond acceptors (Lipinski definition) is 2. The van der Waals surface area contributed by atoms with E-state index in [-0.39, 0.29) is 0 Å². The maximum atomic E-state index is 3.78. The molecular formula is C22H18Br2S2Si2. The predicted octanol–water partition coefficient (Wildman–Crippen LogP) is 6.09. The van der Waals surface area contributed by atoms with Crippen molar-refractivity contribution in [2.45, 2.75) is 26.2 Å². The van der Waals surface area contributed by atoms with Gasteiger partial charge in [-0.25, -0.2) is 0 Å². The van der Waals surface area contributed by atoms with Crippen molar-refractivity contribution in [2.24, 2.45) is 0 Å². The van der Waals surface area contributed by atoms with Crippen LogP contribution in [0.4, 0.5) is 0 Å². The normalized spacial score (nSPS) is 17.5. The van der Waals surface area contributed by atoms with Crippen molar-refractivity contribution in [3.63, 3.8) is 0 Å². The summed E-state index contributed by atoms with van der Waals surface area (Å²) >= 11 is 11.4. The van der Waals surface area contributed by atoms with Crippen LogP contribution in [0.25, 0.3) is 31.7 Å². The molecule has 0 saturated heterocycles. The summed E-state index contributed by atoms with van der Waals surface area (Å²) in [5.74, 6) is 0. The number of thiophene rings is 2. The van der Waals surface area contributed by atoms with Gasteiger partial charge in [0.1, 0.15) is 16.1 Å². The van der Waals surface area contributed by atoms with Gasteiger partial charge in [0, 0.05) is 9.75 Å². The fourth-order valence-corrected chi connectivity index (χ4v) is 16.6. The highest BCUT2D eigenvalue weighted by atomic mass is 79.9. The summed E-state index contributed by atoms with van der Waals surface area (Å²) in [6, 6.07) is 14.6. The summed E-state index contributed by atoms with van der Waals surface area (Å²) in [5.41, 5.74) is 2.91. The van der Waals surface area contributed by atoms with Crippen molar-refractivity contribution in [1.29, 1.82) is 0 Å². The van der Waals surface area contributed by atoms with Crippen molar-refractivity contribution in [1.82, 2.24) is 0 Å². The van der Waals surface area contributed by atoms with E-state index in [1.54, 1.807) is 31.5 Å². The van der Waals surface area contributed by atoms with Crippen LogP contribution in [-0.4, -0.2) is 16.1 Å². The van der Waals surface area contributed by atoms with Crippen LogP contribution in [0, 0.1) is 0 Å². The van der Waals surface area contributed by atoms with Gasteiger partial charge < -0.3 is 0 Å². The van der Waals surface area contributed by atoms with Crippen molar-refractivity contribution in [3.8, 4) is 20.9 Å². The fourth-order valence-electron chi connectivity index (χ4n) is 5.26. The molecule has 0 atom stereocenters. The third-order valence-electron chi connectivity index (χ3n) is 6.75. The van der Waals surface area contributed by atoms with Crippen LogP contribution < -0.4 is 20.7 Å². The molecule has 0 amide bonds. The number of halogens is 2. The molecule has 0 N–H and O–H groups in total. The molecule has 0 spiro atoms. The van der Waals surface area contributed by atoms with Crippen LogP contribution in [0.2, 0.25) is 26.2 Å². The summed E-state index contributed by atoms with van der Waals surface area (Å²) in [6.07, 6.45) is 0. The molecular weight excluding hydrogens is 544 g/mol. The molecule has 0 radical (unpaired) electrons. The smallest absolute Gasteiger partial charge is 0.115 e. The second kappa shape index (κ2) is 5.59. The van der Waals surface area contributed by atoms with Crippen LogP contribution in [0.15, 0.2) is 44.0 Å². The SMILES string of the molecule is C[Si]1(C)c2cc(Br)sc2-c2ccc3c4c(ccc1c24)-c1sc(Br)cc1[Si]3(C)C. The van der Waals surface area contributed by atoms with E-state index in [4.69, 9.17) is 0 Å². The Labute approximate surface area is 191 Å². The Balaban J connectivity index is 1.86. The molecule has 140 valence electrons. The lowest BCUT2D eigenvalue weighted by Crippen LogP contribution is -2.58. The lowest BCUT2D eigenvalue weighted by molar-refractivity contribution is 1.67. The summed E-state index contributed by atoms with van der Waals surface area (Å²) in [6.45, 7) is 10.1. The van der Waals surface area contributed by atoms with E-state index >= 15 is 0 Å². The van der Waals surface area contributed by atoms with Gasteiger partial charge in [0.2, 0.25) is 0 Å². The molecule has 0 unspecified atom stereocenters. The van der Waals surface area contributed by atoms with E-state index in [1.807, 2.05) is 22.7 Å². The molecule has 0 nitrogen and oxygen atoms in total. The summed E-state index contributed by atoms with van der Waals surface area (Å²) < 4.78 is 2.52. The van der Waals surface area contributed by atoms with E-state index in [2.05, 4.69) is 94.4 Å². The zero-order valence-corrected chi connectivity index (χ0v) is 22.8. The summed E-state index contributed by atoms with van der Waals surface area (Å²) in [7, 11) is -3.44. The number of fused-ring (bicyclic) bond motifs is 4. The second-order valence-corrected chi connectivity index (χ2v) is 22.4. The Bertz CT molecular complexity index is 1240. The Morgan fingerprint density at radius 2 is 1.00 bits per heavy atom. The highest BCUT2D eigenvalue weighted by Crippen LogP contribution is 2.45. The molecule has 0 fully saturated rings. The van der Waals surface area contributed by atoms with Crippen molar-refractivity contribution in [2.75, 3.05) is 0 Å². The molecule has 6 rings (SSSR count). The van der Waals surface area contributed by atoms with Crippen molar-refractivity contribution in [3.05, 3.63) is 44.0 Å². The van der Waals surface area contributed by atoms with E-state index in [9.17, 15) is 0 Å². The first kappa shape index (κ1) is 18.3. The lowest BCUT2D eigenvalue weighted by atomic mass is 9.97. The lowest BCUT2D eigenvalue weighted by Gasteiger charge is -2.37. The average Bonchev–Trinajstić information content (AvgIpc) is 3.22. The zero-order valence-electron chi connectivity index (χ0n) is 16.0. The van der Waals surface area contributed by atoms with Gasteiger partial charge in [0.25, 0.3) is 0 Å². The molecule has 4 heterocycles. The summed E-state index contributed by atoms with van der Waals surface area (Å²) in [5, 5.41) is 9.53. The monoisotopic (exact) mass is 560 g/mol. The maximum Gasteiger partial charge on any atom is 0.115 e. The third kappa shape index (κ3) is 2.09. The quantitative estimate of drug-likeness (QED) is 0.228. The highest BCUT2D eigenvalue weighted by Gasteiger charge is 2.42. The summed E-state index contributed by atoms with van der Waals surface area (Å²) in [4.78, 5) is 3.00. The van der Waals surface area contributed by atoms with Gasteiger partial charge in [-0.05, 0) is 86.6 Å². The Kier molecular flexibility index (Phi) is 3.65. The standard InChI is InChI=1S/C22H18Br2S2Si2/c1-27(2)13-7-5-12-20-14(28(3,4)16-10-18(24)26-22(12)16)8-6-11(19(13)20)21-15(27)9-17(23)25-21/h5-10H,1-4H3. The fraction of sp³-hybridized carbons (Fsp3) is 0.182. The number of benzene rings is 2. The van der Waals surface area contributed by atoms with Gasteiger partial charge in [-0.3, -0.25) is 0 Å². The number of hydrogen-bond donors (Lipinski definition) is 0. The van der Waals surface area contributed by atoms with Crippen LogP contribution in [0.5, 0.6) is 0 Å². The van der Waals surface area contributed by atoms with Crippen molar-refractivity contribution < 1.29 is 0 Å². The van der Waals surface area contributed by atoms with Gasteiger partial charge in [0.05, 0.1) is 7.57 Å². The first-order chi connectivity index (χ1) is 13.2. The van der Waals surface area contributed by atoms with Crippen LogP contribution >= 0.6 is 54.5 Å². The molecule has 0 saturated carbocycles. The third-order valence-corrected chi connectivity index (χ3v) is 17.5. The Morgan fingerprint density at radius 1 is 0.607 bits per heavy atom. The molecule has 0 bridgehead atoms. The van der Waals surface area contributed by atoms with Gasteiger partial charge in [-0.1, -0.05) is 50.5 Å². The molecule has 28 heavy (non-hydrogen) atoms. The Hall–Kier alpha value is -0.506. The molecule has 0 aliphatic carbocycles. The molecule has 4 aromatic rings. The first-order valence-corrected chi connectivity index (χ1v) is 18.6. The van der Waals surface area contributed by atoms with E-state index in [0.717, 1.165) is 0 Å². The zero-order chi connectivity index (χ0) is 19.6. The molecule has 6 heteroatoms. The highest BCUT2D eigenvalue weighted by molar-refractivity contribution is 9.11. The van der Waals surface area contributed by atoms with Gasteiger partial charge in [0.15, 0.2) is 0 Å². The van der Waals surface area contributed by atoms with Crippen molar-refractivity contribution >= 4 is 102 Å². The molecule has 2 aromatic heterocycles.